The summed E-state index contributed by atoms with van der Waals surface area (Å²) in [5.41, 5.74) is 1.19. The first-order valence-corrected chi connectivity index (χ1v) is 8.34. The third-order valence-electron chi connectivity index (χ3n) is 4.11. The minimum Gasteiger partial charge on any atom is -0.481 e. The largest absolute Gasteiger partial charge is 0.481 e. The minimum absolute atomic E-state index is 0.250. The molecule has 1 unspecified atom stereocenters. The van der Waals surface area contributed by atoms with Crippen LogP contribution in [-0.2, 0) is 4.79 Å². The van der Waals surface area contributed by atoms with Crippen LogP contribution in [0.1, 0.15) is 25.3 Å². The van der Waals surface area contributed by atoms with Crippen molar-refractivity contribution in [1.82, 2.24) is 4.98 Å². The van der Waals surface area contributed by atoms with E-state index < -0.39 is 6.10 Å². The Morgan fingerprint density at radius 2 is 1.96 bits per heavy atom. The zero-order valence-corrected chi connectivity index (χ0v) is 14.1. The molecule has 1 aliphatic rings. The predicted octanol–water partition coefficient (Wildman–Crippen LogP) is 2.96. The Hall–Kier alpha value is -3.07. The predicted molar refractivity (Wildman–Crippen MR) is 95.6 cm³/mol. The van der Waals surface area contributed by atoms with Crippen LogP contribution < -0.4 is 15.0 Å². The van der Waals surface area contributed by atoms with Crippen molar-refractivity contribution in [1.29, 1.82) is 5.26 Å². The van der Waals surface area contributed by atoms with E-state index in [1.54, 1.807) is 37.4 Å². The lowest BCUT2D eigenvalue weighted by molar-refractivity contribution is -0.122. The second-order valence-corrected chi connectivity index (χ2v) is 5.98. The van der Waals surface area contributed by atoms with Crippen molar-refractivity contribution >= 4 is 17.4 Å². The Balaban J connectivity index is 1.56. The van der Waals surface area contributed by atoms with Gasteiger partial charge in [-0.1, -0.05) is 0 Å². The van der Waals surface area contributed by atoms with Crippen LogP contribution in [0.15, 0.2) is 42.6 Å². The molecule has 0 saturated carbocycles. The van der Waals surface area contributed by atoms with Crippen molar-refractivity contribution in [3.05, 3.63) is 48.2 Å². The molecule has 1 fully saturated rings. The van der Waals surface area contributed by atoms with Gasteiger partial charge >= 0.3 is 0 Å². The summed E-state index contributed by atoms with van der Waals surface area (Å²) in [6.07, 6.45) is 3.40. The molecule has 25 heavy (non-hydrogen) atoms. The number of nitrogens with one attached hydrogen (secondary N) is 1. The molecule has 6 nitrogen and oxygen atoms in total. The summed E-state index contributed by atoms with van der Waals surface area (Å²) in [4.78, 5) is 18.9. The van der Waals surface area contributed by atoms with Gasteiger partial charge in [-0.3, -0.25) is 4.79 Å². The molecule has 1 atom stereocenters. The van der Waals surface area contributed by atoms with Crippen molar-refractivity contribution in [3.8, 4) is 11.8 Å². The highest BCUT2D eigenvalue weighted by Gasteiger charge is 2.16. The third-order valence-corrected chi connectivity index (χ3v) is 4.11. The molecule has 0 spiro atoms. The van der Waals surface area contributed by atoms with E-state index in [0.29, 0.717) is 17.0 Å². The van der Waals surface area contributed by atoms with E-state index >= 15 is 0 Å². The molecule has 3 rings (SSSR count). The van der Waals surface area contributed by atoms with E-state index in [1.807, 2.05) is 18.2 Å². The number of benzene rings is 1. The summed E-state index contributed by atoms with van der Waals surface area (Å²) in [5, 5.41) is 11.6. The van der Waals surface area contributed by atoms with Crippen LogP contribution >= 0.6 is 0 Å². The molecule has 0 bridgehead atoms. The Bertz CT molecular complexity index is 760. The number of carbonyl (C=O) groups excluding carboxylic acids is 1. The minimum atomic E-state index is -0.661. The van der Waals surface area contributed by atoms with E-state index in [4.69, 9.17) is 10.00 Å². The molecular weight excluding hydrogens is 316 g/mol. The molecule has 1 aliphatic heterocycles. The second-order valence-electron chi connectivity index (χ2n) is 5.98. The normalized spacial score (nSPS) is 14.6. The molecule has 128 valence electrons. The van der Waals surface area contributed by atoms with Gasteiger partial charge in [0.05, 0.1) is 23.5 Å². The number of hydrogen-bond acceptors (Lipinski definition) is 5. The summed E-state index contributed by atoms with van der Waals surface area (Å²) >= 11 is 0. The number of hydrogen-bond donors (Lipinski definition) is 1. The number of ether oxygens (including phenoxy) is 1. The lowest BCUT2D eigenvalue weighted by Crippen LogP contribution is -2.30. The Kier molecular flexibility index (Phi) is 5.14. The zero-order valence-electron chi connectivity index (χ0n) is 14.1. The number of amides is 1. The highest BCUT2D eigenvalue weighted by molar-refractivity contribution is 5.94. The molecule has 0 aliphatic carbocycles. The van der Waals surface area contributed by atoms with Crippen LogP contribution in [0, 0.1) is 11.3 Å². The SMILES string of the molecule is CC(Oc1ccc(C#N)cc1)C(=O)Nc1ccc(N2CCCC2)nc1. The maximum absolute atomic E-state index is 12.3. The Morgan fingerprint density at radius 3 is 2.56 bits per heavy atom. The molecule has 2 aromatic rings. The first-order chi connectivity index (χ1) is 12.2. The van der Waals surface area contributed by atoms with Gasteiger partial charge in [0.15, 0.2) is 6.10 Å². The van der Waals surface area contributed by atoms with Crippen LogP contribution in [0.25, 0.3) is 0 Å². The molecular formula is C19H20N4O2. The van der Waals surface area contributed by atoms with Gasteiger partial charge in [0.25, 0.3) is 5.91 Å². The van der Waals surface area contributed by atoms with Crippen LogP contribution in [0.5, 0.6) is 5.75 Å². The Morgan fingerprint density at radius 1 is 1.24 bits per heavy atom. The molecule has 2 heterocycles. The quantitative estimate of drug-likeness (QED) is 0.908. The number of nitriles is 1. The fourth-order valence-electron chi connectivity index (χ4n) is 2.70. The van der Waals surface area contributed by atoms with Crippen LogP contribution in [0.4, 0.5) is 11.5 Å². The van der Waals surface area contributed by atoms with Crippen molar-refractivity contribution in [2.75, 3.05) is 23.3 Å². The van der Waals surface area contributed by atoms with E-state index in [9.17, 15) is 4.79 Å². The first-order valence-electron chi connectivity index (χ1n) is 8.34. The monoisotopic (exact) mass is 336 g/mol. The average Bonchev–Trinajstić information content (AvgIpc) is 3.17. The number of nitrogens with zero attached hydrogens (tertiary/aromatic N) is 3. The number of rotatable bonds is 5. The molecule has 6 heteroatoms. The van der Waals surface area contributed by atoms with Gasteiger partial charge in [-0.25, -0.2) is 4.98 Å². The van der Waals surface area contributed by atoms with Gasteiger partial charge in [-0.15, -0.1) is 0 Å². The standard InChI is InChI=1S/C19H20N4O2/c1-14(25-17-7-4-15(12-20)5-8-17)19(24)22-16-6-9-18(21-13-16)23-10-2-3-11-23/h4-9,13-14H,2-3,10-11H2,1H3,(H,22,24). The summed E-state index contributed by atoms with van der Waals surface area (Å²) in [6, 6.07) is 12.5. The summed E-state index contributed by atoms with van der Waals surface area (Å²) < 4.78 is 5.60. The zero-order chi connectivity index (χ0) is 17.6. The van der Waals surface area contributed by atoms with Crippen molar-refractivity contribution in [2.45, 2.75) is 25.9 Å². The van der Waals surface area contributed by atoms with Crippen molar-refractivity contribution in [2.24, 2.45) is 0 Å². The van der Waals surface area contributed by atoms with Gasteiger partial charge in [0, 0.05) is 13.1 Å². The lowest BCUT2D eigenvalue weighted by Gasteiger charge is -2.17. The summed E-state index contributed by atoms with van der Waals surface area (Å²) in [7, 11) is 0. The van der Waals surface area contributed by atoms with E-state index in [1.165, 1.54) is 12.8 Å². The molecule has 1 aromatic carbocycles. The average molecular weight is 336 g/mol. The highest BCUT2D eigenvalue weighted by atomic mass is 16.5. The Labute approximate surface area is 147 Å². The first kappa shape index (κ1) is 16.8. The number of aromatic nitrogens is 1. The molecule has 1 amide bonds. The van der Waals surface area contributed by atoms with Crippen molar-refractivity contribution in [3.63, 3.8) is 0 Å². The van der Waals surface area contributed by atoms with Gasteiger partial charge in [0.2, 0.25) is 0 Å². The van der Waals surface area contributed by atoms with Gasteiger partial charge in [-0.2, -0.15) is 5.26 Å². The summed E-state index contributed by atoms with van der Waals surface area (Å²) in [6.45, 7) is 3.75. The third kappa shape index (κ3) is 4.27. The van der Waals surface area contributed by atoms with Crippen LogP contribution in [0.2, 0.25) is 0 Å². The number of anilines is 2. The van der Waals surface area contributed by atoms with Gasteiger partial charge in [-0.05, 0) is 56.2 Å². The second kappa shape index (κ2) is 7.67. The summed E-state index contributed by atoms with van der Waals surface area (Å²) in [5.74, 6) is 1.24. The molecule has 1 aromatic heterocycles. The molecule has 0 radical (unpaired) electrons. The smallest absolute Gasteiger partial charge is 0.265 e. The maximum Gasteiger partial charge on any atom is 0.265 e. The topological polar surface area (TPSA) is 78.2 Å². The van der Waals surface area contributed by atoms with Crippen LogP contribution in [-0.4, -0.2) is 30.1 Å². The van der Waals surface area contributed by atoms with Gasteiger partial charge in [0.1, 0.15) is 11.6 Å². The van der Waals surface area contributed by atoms with E-state index in [-0.39, 0.29) is 5.91 Å². The number of carbonyl (C=O) groups is 1. The fraction of sp³-hybridized carbons (Fsp3) is 0.316. The number of pyridine rings is 1. The lowest BCUT2D eigenvalue weighted by atomic mass is 10.2. The molecule has 1 saturated heterocycles. The van der Waals surface area contributed by atoms with Crippen molar-refractivity contribution < 1.29 is 9.53 Å². The van der Waals surface area contributed by atoms with E-state index in [2.05, 4.69) is 15.2 Å². The highest BCUT2D eigenvalue weighted by Crippen LogP contribution is 2.19. The maximum atomic E-state index is 12.3. The van der Waals surface area contributed by atoms with Crippen LogP contribution in [0.3, 0.4) is 0 Å². The fourth-order valence-corrected chi connectivity index (χ4v) is 2.70. The van der Waals surface area contributed by atoms with E-state index in [0.717, 1.165) is 18.9 Å². The van der Waals surface area contributed by atoms with Gasteiger partial charge < -0.3 is 15.0 Å². The molecule has 1 N–H and O–H groups in total.